The molecule has 0 aliphatic carbocycles. The predicted molar refractivity (Wildman–Crippen MR) is 117 cm³/mol. The van der Waals surface area contributed by atoms with Crippen LogP contribution >= 0.6 is 0 Å². The fourth-order valence-electron chi connectivity index (χ4n) is 3.40. The minimum absolute atomic E-state index is 0.0806. The average Bonchev–Trinajstić information content (AvgIpc) is 2.70. The number of carbonyl (C=O) groups excluding carboxylic acids is 1. The quantitative estimate of drug-likeness (QED) is 0.588. The molecular weight excluding hydrogens is 380 g/mol. The second-order valence-electron chi connectivity index (χ2n) is 7.66. The Balaban J connectivity index is 1.76. The summed E-state index contributed by atoms with van der Waals surface area (Å²) in [5.41, 5.74) is 5.16. The first-order valence-electron chi connectivity index (χ1n) is 10.0. The zero-order valence-corrected chi connectivity index (χ0v) is 18.0. The van der Waals surface area contributed by atoms with Crippen LogP contribution in [0.5, 0.6) is 0 Å². The van der Waals surface area contributed by atoms with E-state index in [1.165, 1.54) is 0 Å². The summed E-state index contributed by atoms with van der Waals surface area (Å²) in [6, 6.07) is 11.2. The third kappa shape index (κ3) is 5.31. The van der Waals surface area contributed by atoms with Crippen molar-refractivity contribution in [3.63, 3.8) is 0 Å². The number of fused-ring (bicyclic) bond motifs is 1. The first-order chi connectivity index (χ1) is 14.4. The standard InChI is InChI=1S/C23H28N4O3/c1-16-8-9-21-24-19(12-23(29)27(21)13-16)14-26(10-11-30-4)15-22(28)25-20-7-5-6-17(2)18(20)3/h5-9,12-13H,10-11,14-15H2,1-4H3,(H,25,28)/p+1. The second-order valence-corrected chi connectivity index (χ2v) is 7.66. The number of aryl methyl sites for hydroxylation is 2. The molecule has 3 rings (SSSR count). The minimum atomic E-state index is -0.121. The number of carbonyl (C=O) groups is 1. The van der Waals surface area contributed by atoms with E-state index in [2.05, 4.69) is 10.3 Å². The fraction of sp³-hybridized carbons (Fsp3) is 0.348. The number of hydrogen-bond acceptors (Lipinski definition) is 4. The van der Waals surface area contributed by atoms with Crippen molar-refractivity contribution in [1.29, 1.82) is 0 Å². The number of benzene rings is 1. The first-order valence-corrected chi connectivity index (χ1v) is 10.0. The largest absolute Gasteiger partial charge is 0.379 e. The molecule has 0 spiro atoms. The molecule has 3 aromatic rings. The van der Waals surface area contributed by atoms with Crippen LogP contribution in [-0.4, -0.2) is 42.1 Å². The highest BCUT2D eigenvalue weighted by molar-refractivity contribution is 5.92. The molecule has 30 heavy (non-hydrogen) atoms. The molecule has 2 heterocycles. The van der Waals surface area contributed by atoms with Gasteiger partial charge in [-0.15, -0.1) is 0 Å². The monoisotopic (exact) mass is 409 g/mol. The summed E-state index contributed by atoms with van der Waals surface area (Å²) in [7, 11) is 1.64. The van der Waals surface area contributed by atoms with E-state index in [0.29, 0.717) is 31.0 Å². The van der Waals surface area contributed by atoms with Crippen molar-refractivity contribution in [2.45, 2.75) is 27.3 Å². The van der Waals surface area contributed by atoms with E-state index in [-0.39, 0.29) is 18.0 Å². The fourth-order valence-corrected chi connectivity index (χ4v) is 3.40. The Labute approximate surface area is 176 Å². The smallest absolute Gasteiger partial charge is 0.279 e. The van der Waals surface area contributed by atoms with Crippen LogP contribution in [0.25, 0.3) is 5.65 Å². The number of pyridine rings is 1. The van der Waals surface area contributed by atoms with Crippen LogP contribution in [0.1, 0.15) is 22.4 Å². The minimum Gasteiger partial charge on any atom is -0.379 e. The lowest BCUT2D eigenvalue weighted by Crippen LogP contribution is -3.12. The van der Waals surface area contributed by atoms with E-state index in [0.717, 1.165) is 27.3 Å². The number of quaternary nitrogens is 1. The summed E-state index contributed by atoms with van der Waals surface area (Å²) in [5, 5.41) is 3.00. The number of aromatic nitrogens is 2. The van der Waals surface area contributed by atoms with Crippen LogP contribution in [0.15, 0.2) is 47.4 Å². The number of anilines is 1. The van der Waals surface area contributed by atoms with Gasteiger partial charge in [-0.2, -0.15) is 0 Å². The van der Waals surface area contributed by atoms with Gasteiger partial charge in [0.15, 0.2) is 6.54 Å². The Morgan fingerprint density at radius 3 is 2.77 bits per heavy atom. The average molecular weight is 410 g/mol. The second kappa shape index (κ2) is 9.65. The molecule has 1 aromatic carbocycles. The lowest BCUT2D eigenvalue weighted by Gasteiger charge is -2.19. The van der Waals surface area contributed by atoms with Gasteiger partial charge >= 0.3 is 0 Å². The summed E-state index contributed by atoms with van der Waals surface area (Å²) in [4.78, 5) is 30.8. The Hall–Kier alpha value is -3.03. The van der Waals surface area contributed by atoms with Crippen LogP contribution in [0.4, 0.5) is 5.69 Å². The normalized spacial score (nSPS) is 12.1. The third-order valence-electron chi connectivity index (χ3n) is 5.24. The van der Waals surface area contributed by atoms with Crippen molar-refractivity contribution in [2.75, 3.05) is 32.1 Å². The highest BCUT2D eigenvalue weighted by Crippen LogP contribution is 2.17. The van der Waals surface area contributed by atoms with Crippen molar-refractivity contribution in [2.24, 2.45) is 0 Å². The summed E-state index contributed by atoms with van der Waals surface area (Å²) >= 11 is 0. The molecule has 2 N–H and O–H groups in total. The maximum Gasteiger partial charge on any atom is 0.279 e. The molecule has 7 nitrogen and oxygen atoms in total. The molecule has 0 saturated carbocycles. The Kier molecular flexibility index (Phi) is 6.97. The summed E-state index contributed by atoms with van der Waals surface area (Å²) < 4.78 is 6.76. The van der Waals surface area contributed by atoms with Gasteiger partial charge in [0.1, 0.15) is 24.4 Å². The van der Waals surface area contributed by atoms with Gasteiger partial charge in [0, 0.05) is 25.1 Å². The van der Waals surface area contributed by atoms with Crippen molar-refractivity contribution in [1.82, 2.24) is 9.38 Å². The van der Waals surface area contributed by atoms with Crippen LogP contribution in [0, 0.1) is 20.8 Å². The van der Waals surface area contributed by atoms with Gasteiger partial charge in [0.05, 0.1) is 6.61 Å². The molecular formula is C23H29N4O3+. The Morgan fingerprint density at radius 2 is 2.00 bits per heavy atom. The summed E-state index contributed by atoms with van der Waals surface area (Å²) in [6.45, 7) is 7.81. The number of nitrogens with one attached hydrogen (secondary N) is 2. The lowest BCUT2D eigenvalue weighted by atomic mass is 10.1. The highest BCUT2D eigenvalue weighted by atomic mass is 16.5. The number of amides is 1. The Morgan fingerprint density at radius 1 is 1.20 bits per heavy atom. The molecule has 1 unspecified atom stereocenters. The van der Waals surface area contributed by atoms with Crippen LogP contribution < -0.4 is 15.8 Å². The SMILES string of the molecule is COCC[NH+](CC(=O)Nc1cccc(C)c1C)Cc1cc(=O)n2cc(C)ccc2n1. The molecule has 7 heteroatoms. The molecule has 0 bridgehead atoms. The molecule has 0 aliphatic rings. The Bertz CT molecular complexity index is 1110. The zero-order valence-electron chi connectivity index (χ0n) is 18.0. The van der Waals surface area contributed by atoms with Crippen LogP contribution in [0.3, 0.4) is 0 Å². The van der Waals surface area contributed by atoms with Crippen molar-refractivity contribution in [3.8, 4) is 0 Å². The molecule has 1 amide bonds. The first kappa shape index (κ1) is 21.7. The van der Waals surface area contributed by atoms with E-state index >= 15 is 0 Å². The maximum atomic E-state index is 12.7. The summed E-state index contributed by atoms with van der Waals surface area (Å²) in [5.74, 6) is -0.0806. The van der Waals surface area contributed by atoms with Crippen LogP contribution in [0.2, 0.25) is 0 Å². The molecule has 0 fully saturated rings. The lowest BCUT2D eigenvalue weighted by molar-refractivity contribution is -0.906. The number of ether oxygens (including phenoxy) is 1. The van der Waals surface area contributed by atoms with E-state index < -0.39 is 0 Å². The van der Waals surface area contributed by atoms with Gasteiger partial charge in [-0.1, -0.05) is 18.2 Å². The van der Waals surface area contributed by atoms with E-state index in [4.69, 9.17) is 4.74 Å². The maximum absolute atomic E-state index is 12.7. The highest BCUT2D eigenvalue weighted by Gasteiger charge is 2.17. The van der Waals surface area contributed by atoms with Gasteiger partial charge in [-0.25, -0.2) is 4.98 Å². The molecule has 0 aliphatic heterocycles. The van der Waals surface area contributed by atoms with Crippen LogP contribution in [-0.2, 0) is 16.1 Å². The number of rotatable bonds is 8. The van der Waals surface area contributed by atoms with Crippen molar-refractivity contribution >= 4 is 17.2 Å². The van der Waals surface area contributed by atoms with Gasteiger partial charge in [0.25, 0.3) is 11.5 Å². The number of methoxy groups -OCH3 is 1. The van der Waals surface area contributed by atoms with Gasteiger partial charge in [-0.05, 0) is 49.6 Å². The van der Waals surface area contributed by atoms with Crippen molar-refractivity contribution < 1.29 is 14.4 Å². The number of nitrogens with zero attached hydrogens (tertiary/aromatic N) is 2. The molecule has 1 atom stereocenters. The molecule has 0 radical (unpaired) electrons. The molecule has 2 aromatic heterocycles. The topological polar surface area (TPSA) is 77.1 Å². The molecule has 0 saturated heterocycles. The van der Waals surface area contributed by atoms with Gasteiger partial charge in [-0.3, -0.25) is 14.0 Å². The van der Waals surface area contributed by atoms with E-state index in [1.807, 2.05) is 51.1 Å². The number of hydrogen-bond donors (Lipinski definition) is 2. The van der Waals surface area contributed by atoms with E-state index in [9.17, 15) is 9.59 Å². The predicted octanol–water partition coefficient (Wildman–Crippen LogP) is 1.29. The van der Waals surface area contributed by atoms with E-state index in [1.54, 1.807) is 23.8 Å². The third-order valence-corrected chi connectivity index (χ3v) is 5.24. The molecule has 158 valence electrons. The zero-order chi connectivity index (χ0) is 21.7. The van der Waals surface area contributed by atoms with Gasteiger partial charge < -0.3 is 15.0 Å². The van der Waals surface area contributed by atoms with Crippen molar-refractivity contribution in [3.05, 3.63) is 75.3 Å². The summed E-state index contributed by atoms with van der Waals surface area (Å²) in [6.07, 6.45) is 1.78. The van der Waals surface area contributed by atoms with Gasteiger partial charge in [0.2, 0.25) is 0 Å².